The molecule has 1 heterocycles. The molecule has 4 heteroatoms. The summed E-state index contributed by atoms with van der Waals surface area (Å²) in [5.41, 5.74) is 1.62. The van der Waals surface area contributed by atoms with Crippen molar-refractivity contribution < 1.29 is 14.3 Å². The minimum atomic E-state index is 0.0980. The van der Waals surface area contributed by atoms with Crippen molar-refractivity contribution in [3.8, 4) is 11.5 Å². The van der Waals surface area contributed by atoms with Crippen molar-refractivity contribution in [1.82, 2.24) is 0 Å². The lowest BCUT2D eigenvalue weighted by molar-refractivity contribution is 0.0988. The van der Waals surface area contributed by atoms with Crippen LogP contribution in [0.3, 0.4) is 0 Å². The molecule has 1 aliphatic heterocycles. The summed E-state index contributed by atoms with van der Waals surface area (Å²) in [5.74, 6) is 2.03. The zero-order chi connectivity index (χ0) is 10.8. The molecule has 3 nitrogen and oxygen atoms in total. The molecule has 15 heavy (non-hydrogen) atoms. The predicted octanol–water partition coefficient (Wildman–Crippen LogP) is 2.23. The van der Waals surface area contributed by atoms with Crippen molar-refractivity contribution in [2.45, 2.75) is 13.3 Å². The summed E-state index contributed by atoms with van der Waals surface area (Å²) in [6.45, 7) is 2.13. The first-order chi connectivity index (χ1) is 7.22. The maximum atomic E-state index is 11.7. The van der Waals surface area contributed by atoms with E-state index in [0.717, 1.165) is 11.3 Å². The topological polar surface area (TPSA) is 35.5 Å². The standard InChI is InChI=1S/C11H12O3S/c1-7-4-10-11(14-6-13-10)5-8(7)9(12)2-3-15/h4-5,15H,2-3,6H2,1H3. The monoisotopic (exact) mass is 224 g/mol. The summed E-state index contributed by atoms with van der Waals surface area (Å²) >= 11 is 4.05. The van der Waals surface area contributed by atoms with E-state index in [1.165, 1.54) is 0 Å². The van der Waals surface area contributed by atoms with E-state index in [9.17, 15) is 4.79 Å². The Morgan fingerprint density at radius 1 is 1.40 bits per heavy atom. The van der Waals surface area contributed by atoms with Gasteiger partial charge < -0.3 is 9.47 Å². The Labute approximate surface area is 93.8 Å². The molecule has 0 bridgehead atoms. The lowest BCUT2D eigenvalue weighted by Crippen LogP contribution is -2.02. The van der Waals surface area contributed by atoms with E-state index >= 15 is 0 Å². The van der Waals surface area contributed by atoms with Crippen molar-refractivity contribution in [1.29, 1.82) is 0 Å². The van der Waals surface area contributed by atoms with Crippen molar-refractivity contribution in [3.05, 3.63) is 23.3 Å². The average Bonchev–Trinajstić information content (AvgIpc) is 2.63. The normalized spacial score (nSPS) is 12.9. The highest BCUT2D eigenvalue weighted by atomic mass is 32.1. The van der Waals surface area contributed by atoms with Crippen LogP contribution in [0.2, 0.25) is 0 Å². The molecule has 0 saturated heterocycles. The van der Waals surface area contributed by atoms with Gasteiger partial charge in [0, 0.05) is 12.0 Å². The van der Waals surface area contributed by atoms with Crippen LogP contribution in [0, 0.1) is 6.92 Å². The van der Waals surface area contributed by atoms with Gasteiger partial charge >= 0.3 is 0 Å². The second-order valence-electron chi connectivity index (χ2n) is 3.42. The highest BCUT2D eigenvalue weighted by Crippen LogP contribution is 2.34. The van der Waals surface area contributed by atoms with Crippen molar-refractivity contribution >= 4 is 18.4 Å². The number of aryl methyl sites for hydroxylation is 1. The van der Waals surface area contributed by atoms with E-state index in [1.807, 2.05) is 13.0 Å². The van der Waals surface area contributed by atoms with Gasteiger partial charge in [-0.3, -0.25) is 4.79 Å². The van der Waals surface area contributed by atoms with E-state index < -0.39 is 0 Å². The van der Waals surface area contributed by atoms with Crippen LogP contribution < -0.4 is 9.47 Å². The Hall–Kier alpha value is -1.16. The van der Waals surface area contributed by atoms with Crippen LogP contribution in [0.5, 0.6) is 11.5 Å². The van der Waals surface area contributed by atoms with E-state index in [4.69, 9.17) is 9.47 Å². The lowest BCUT2D eigenvalue weighted by Gasteiger charge is -2.05. The van der Waals surface area contributed by atoms with Gasteiger partial charge in [-0.25, -0.2) is 0 Å². The second kappa shape index (κ2) is 4.14. The fourth-order valence-corrected chi connectivity index (χ4v) is 1.78. The largest absolute Gasteiger partial charge is 0.454 e. The van der Waals surface area contributed by atoms with E-state index in [-0.39, 0.29) is 12.6 Å². The molecule has 0 fully saturated rings. The first-order valence-corrected chi connectivity index (χ1v) is 5.40. The van der Waals surface area contributed by atoms with Gasteiger partial charge in [0.2, 0.25) is 6.79 Å². The van der Waals surface area contributed by atoms with Crippen LogP contribution in [0.1, 0.15) is 22.3 Å². The Morgan fingerprint density at radius 2 is 2.07 bits per heavy atom. The number of fused-ring (bicyclic) bond motifs is 1. The summed E-state index contributed by atoms with van der Waals surface area (Å²) in [5, 5.41) is 0. The van der Waals surface area contributed by atoms with E-state index in [2.05, 4.69) is 12.6 Å². The van der Waals surface area contributed by atoms with Crippen molar-refractivity contribution in [3.63, 3.8) is 0 Å². The van der Waals surface area contributed by atoms with Gasteiger partial charge in [-0.05, 0) is 30.4 Å². The molecule has 80 valence electrons. The fourth-order valence-electron chi connectivity index (χ4n) is 1.58. The molecule has 0 unspecified atom stereocenters. The number of ether oxygens (including phenoxy) is 2. The molecule has 1 aromatic rings. The molecule has 0 spiro atoms. The van der Waals surface area contributed by atoms with Gasteiger partial charge in [0.15, 0.2) is 17.3 Å². The van der Waals surface area contributed by atoms with Gasteiger partial charge in [-0.1, -0.05) is 0 Å². The van der Waals surface area contributed by atoms with Crippen LogP contribution in [-0.2, 0) is 0 Å². The van der Waals surface area contributed by atoms with Crippen molar-refractivity contribution in [2.75, 3.05) is 12.5 Å². The quantitative estimate of drug-likeness (QED) is 0.631. The first-order valence-electron chi connectivity index (χ1n) is 4.76. The lowest BCUT2D eigenvalue weighted by atomic mass is 10.0. The molecule has 0 saturated carbocycles. The first kappa shape index (κ1) is 10.4. The summed E-state index contributed by atoms with van der Waals surface area (Å²) in [4.78, 5) is 11.7. The smallest absolute Gasteiger partial charge is 0.231 e. The molecular formula is C11H12O3S. The summed E-state index contributed by atoms with van der Waals surface area (Å²) in [6, 6.07) is 3.59. The van der Waals surface area contributed by atoms with Crippen LogP contribution in [0.4, 0.5) is 0 Å². The number of Topliss-reactive ketones (excluding diaryl/α,β-unsaturated/α-hetero) is 1. The highest BCUT2D eigenvalue weighted by molar-refractivity contribution is 7.80. The molecule has 2 rings (SSSR count). The molecule has 0 amide bonds. The molecular weight excluding hydrogens is 212 g/mol. The zero-order valence-electron chi connectivity index (χ0n) is 8.45. The number of rotatable bonds is 3. The number of thiol groups is 1. The number of hydrogen-bond donors (Lipinski definition) is 1. The maximum absolute atomic E-state index is 11.7. The average molecular weight is 224 g/mol. The van der Waals surface area contributed by atoms with Crippen LogP contribution in [-0.4, -0.2) is 18.3 Å². The molecule has 0 aliphatic carbocycles. The Balaban J connectivity index is 2.36. The summed E-state index contributed by atoms with van der Waals surface area (Å²) in [6.07, 6.45) is 0.448. The molecule has 0 atom stereocenters. The number of carbonyl (C=O) groups is 1. The predicted molar refractivity (Wildman–Crippen MR) is 60.1 cm³/mol. The molecule has 1 aromatic carbocycles. The van der Waals surface area contributed by atoms with Crippen LogP contribution >= 0.6 is 12.6 Å². The second-order valence-corrected chi connectivity index (χ2v) is 3.86. The zero-order valence-corrected chi connectivity index (χ0v) is 9.34. The van der Waals surface area contributed by atoms with Crippen LogP contribution in [0.15, 0.2) is 12.1 Å². The van der Waals surface area contributed by atoms with Gasteiger partial charge in [0.1, 0.15) is 0 Å². The third kappa shape index (κ3) is 1.95. The Bertz CT molecular complexity index is 401. The maximum Gasteiger partial charge on any atom is 0.231 e. The van der Waals surface area contributed by atoms with Crippen molar-refractivity contribution in [2.24, 2.45) is 0 Å². The molecule has 0 radical (unpaired) electrons. The fraction of sp³-hybridized carbons (Fsp3) is 0.364. The summed E-state index contributed by atoms with van der Waals surface area (Å²) in [7, 11) is 0. The third-order valence-electron chi connectivity index (χ3n) is 2.36. The van der Waals surface area contributed by atoms with E-state index in [1.54, 1.807) is 6.07 Å². The van der Waals surface area contributed by atoms with Gasteiger partial charge in [0.05, 0.1) is 0 Å². The number of ketones is 1. The molecule has 0 N–H and O–H groups in total. The molecule has 0 aromatic heterocycles. The molecule has 1 aliphatic rings. The Morgan fingerprint density at radius 3 is 2.73 bits per heavy atom. The SMILES string of the molecule is Cc1cc2c(cc1C(=O)CCS)OCO2. The van der Waals surface area contributed by atoms with Gasteiger partial charge in [-0.15, -0.1) is 0 Å². The minimum Gasteiger partial charge on any atom is -0.454 e. The van der Waals surface area contributed by atoms with Crippen LogP contribution in [0.25, 0.3) is 0 Å². The number of carbonyl (C=O) groups excluding carboxylic acids is 1. The third-order valence-corrected chi connectivity index (χ3v) is 2.58. The highest BCUT2D eigenvalue weighted by Gasteiger charge is 2.18. The van der Waals surface area contributed by atoms with E-state index in [0.29, 0.717) is 23.5 Å². The number of benzene rings is 1. The Kier molecular flexibility index (Phi) is 2.86. The summed E-state index contributed by atoms with van der Waals surface area (Å²) < 4.78 is 10.5. The van der Waals surface area contributed by atoms with Gasteiger partial charge in [0.25, 0.3) is 0 Å². The number of hydrogen-bond acceptors (Lipinski definition) is 4. The minimum absolute atomic E-state index is 0.0980. The van der Waals surface area contributed by atoms with Gasteiger partial charge in [-0.2, -0.15) is 12.6 Å².